The number of hydrogen-bond acceptors (Lipinski definition) is 4. The van der Waals surface area contributed by atoms with E-state index in [1.165, 1.54) is 24.4 Å². The van der Waals surface area contributed by atoms with Gasteiger partial charge in [0.1, 0.15) is 0 Å². The first-order chi connectivity index (χ1) is 13.2. The number of carbonyl (C=O) groups excluding carboxylic acids is 1. The number of halogens is 3. The summed E-state index contributed by atoms with van der Waals surface area (Å²) in [6, 6.07) is 8.11. The number of imidazole rings is 1. The number of aryl methyl sites for hydroxylation is 1. The fourth-order valence-electron chi connectivity index (χ4n) is 3.46. The molecular formula is C19H23F3N4O2. The monoisotopic (exact) mass is 396 g/mol. The van der Waals surface area contributed by atoms with Crippen molar-refractivity contribution in [3.05, 3.63) is 53.6 Å². The normalized spacial score (nSPS) is 17.0. The van der Waals surface area contributed by atoms with Crippen molar-refractivity contribution < 1.29 is 23.1 Å². The van der Waals surface area contributed by atoms with Gasteiger partial charge in [0, 0.05) is 45.6 Å². The number of aromatic nitrogens is 2. The lowest BCUT2D eigenvalue weighted by molar-refractivity contribution is -0.271. The zero-order valence-electron chi connectivity index (χ0n) is 15.5. The number of carbonyl (C=O) groups is 1. The Hall–Kier alpha value is -2.39. The zero-order chi connectivity index (χ0) is 20.4. The van der Waals surface area contributed by atoms with Crippen molar-refractivity contribution in [2.75, 3.05) is 19.6 Å². The summed E-state index contributed by atoms with van der Waals surface area (Å²) in [7, 11) is 1.34. The summed E-state index contributed by atoms with van der Waals surface area (Å²) < 4.78 is 41.5. The fourth-order valence-corrected chi connectivity index (χ4v) is 3.46. The molecule has 0 aliphatic carbocycles. The summed E-state index contributed by atoms with van der Waals surface area (Å²) in [6.07, 6.45) is -2.82. The molecule has 2 heterocycles. The minimum Gasteiger partial charge on any atom is -0.374 e. The van der Waals surface area contributed by atoms with Gasteiger partial charge in [-0.1, -0.05) is 24.3 Å². The van der Waals surface area contributed by atoms with Crippen LogP contribution >= 0.6 is 0 Å². The van der Waals surface area contributed by atoms with Crippen LogP contribution in [0.5, 0.6) is 0 Å². The van der Waals surface area contributed by atoms with E-state index in [-0.39, 0.29) is 6.54 Å². The Labute approximate surface area is 161 Å². The number of nitrogens with zero attached hydrogens (tertiary/aromatic N) is 3. The number of aliphatic hydroxyl groups is 1. The SMILES string of the molecule is Cn1ccnc1C(O)(CC(=O)NCCN1CCc2ccccc2C1)C(F)(F)F. The van der Waals surface area contributed by atoms with Crippen LogP contribution in [0.2, 0.25) is 0 Å². The van der Waals surface area contributed by atoms with Crippen molar-refractivity contribution in [3.8, 4) is 0 Å². The summed E-state index contributed by atoms with van der Waals surface area (Å²) in [4.78, 5) is 17.8. The second-order valence-electron chi connectivity index (χ2n) is 7.04. The van der Waals surface area contributed by atoms with Crippen molar-refractivity contribution in [2.24, 2.45) is 7.05 Å². The van der Waals surface area contributed by atoms with Gasteiger partial charge in [-0.25, -0.2) is 4.98 Å². The van der Waals surface area contributed by atoms with Gasteiger partial charge in [0.05, 0.1) is 6.42 Å². The highest BCUT2D eigenvalue weighted by Crippen LogP contribution is 2.40. The molecular weight excluding hydrogens is 373 g/mol. The Morgan fingerprint density at radius 1 is 1.29 bits per heavy atom. The molecule has 0 fully saturated rings. The maximum Gasteiger partial charge on any atom is 0.425 e. The molecule has 0 spiro atoms. The predicted octanol–water partition coefficient (Wildman–Crippen LogP) is 1.73. The Balaban J connectivity index is 1.55. The molecule has 1 amide bonds. The molecule has 28 heavy (non-hydrogen) atoms. The van der Waals surface area contributed by atoms with Crippen LogP contribution in [0.4, 0.5) is 13.2 Å². The predicted molar refractivity (Wildman–Crippen MR) is 96.2 cm³/mol. The first kappa shape index (κ1) is 20.3. The first-order valence-corrected chi connectivity index (χ1v) is 9.03. The summed E-state index contributed by atoms with van der Waals surface area (Å²) in [5, 5.41) is 12.7. The number of alkyl halides is 3. The van der Waals surface area contributed by atoms with E-state index in [0.717, 1.165) is 30.3 Å². The lowest BCUT2D eigenvalue weighted by atomic mass is 9.97. The van der Waals surface area contributed by atoms with Crippen LogP contribution in [-0.4, -0.2) is 51.3 Å². The van der Waals surface area contributed by atoms with Gasteiger partial charge in [0.25, 0.3) is 0 Å². The van der Waals surface area contributed by atoms with Crippen molar-refractivity contribution in [1.82, 2.24) is 19.8 Å². The molecule has 6 nitrogen and oxygen atoms in total. The highest BCUT2D eigenvalue weighted by atomic mass is 19.4. The van der Waals surface area contributed by atoms with Crippen LogP contribution in [0, 0.1) is 0 Å². The molecule has 0 bridgehead atoms. The first-order valence-electron chi connectivity index (χ1n) is 9.03. The van der Waals surface area contributed by atoms with E-state index in [0.29, 0.717) is 6.54 Å². The van der Waals surface area contributed by atoms with E-state index in [9.17, 15) is 23.1 Å². The van der Waals surface area contributed by atoms with Crippen molar-refractivity contribution in [3.63, 3.8) is 0 Å². The third kappa shape index (κ3) is 4.20. The molecule has 0 saturated carbocycles. The van der Waals surface area contributed by atoms with Crippen molar-refractivity contribution in [2.45, 2.75) is 31.2 Å². The van der Waals surface area contributed by atoms with Gasteiger partial charge in [0.15, 0.2) is 5.82 Å². The molecule has 1 unspecified atom stereocenters. The second-order valence-corrected chi connectivity index (χ2v) is 7.04. The summed E-state index contributed by atoms with van der Waals surface area (Å²) in [5.74, 6) is -1.48. The minimum absolute atomic E-state index is 0.204. The van der Waals surface area contributed by atoms with Gasteiger partial charge in [-0.3, -0.25) is 9.69 Å². The highest BCUT2D eigenvalue weighted by Gasteiger charge is 2.58. The van der Waals surface area contributed by atoms with Crippen molar-refractivity contribution in [1.29, 1.82) is 0 Å². The number of rotatable bonds is 6. The number of benzene rings is 1. The van der Waals surface area contributed by atoms with Crippen molar-refractivity contribution >= 4 is 5.91 Å². The van der Waals surface area contributed by atoms with Crippen LogP contribution < -0.4 is 5.32 Å². The van der Waals surface area contributed by atoms with Crippen LogP contribution in [0.1, 0.15) is 23.4 Å². The lowest BCUT2D eigenvalue weighted by Crippen LogP contribution is -2.48. The summed E-state index contributed by atoms with van der Waals surface area (Å²) in [6.45, 7) is 2.29. The molecule has 3 rings (SSSR count). The van der Waals surface area contributed by atoms with E-state index in [4.69, 9.17) is 0 Å². The zero-order valence-corrected chi connectivity index (χ0v) is 15.5. The van der Waals surface area contributed by atoms with Gasteiger partial charge in [-0.05, 0) is 17.5 Å². The number of amides is 1. The molecule has 152 valence electrons. The molecule has 1 atom stereocenters. The maximum absolute atomic E-state index is 13.5. The number of nitrogens with one attached hydrogen (secondary N) is 1. The fraction of sp³-hybridized carbons (Fsp3) is 0.474. The maximum atomic E-state index is 13.5. The topological polar surface area (TPSA) is 70.4 Å². The third-order valence-electron chi connectivity index (χ3n) is 5.04. The quantitative estimate of drug-likeness (QED) is 0.780. The Kier molecular flexibility index (Phi) is 5.76. The third-order valence-corrected chi connectivity index (χ3v) is 5.04. The number of fused-ring (bicyclic) bond motifs is 1. The van der Waals surface area contributed by atoms with E-state index >= 15 is 0 Å². The summed E-state index contributed by atoms with van der Waals surface area (Å²) in [5.41, 5.74) is -0.811. The molecule has 1 aliphatic heterocycles. The Morgan fingerprint density at radius 3 is 2.64 bits per heavy atom. The van der Waals surface area contributed by atoms with Crippen LogP contribution in [0.25, 0.3) is 0 Å². The number of hydrogen-bond donors (Lipinski definition) is 2. The second kappa shape index (κ2) is 7.92. The Bertz CT molecular complexity index is 837. The van der Waals surface area contributed by atoms with Crippen LogP contribution in [-0.2, 0) is 30.4 Å². The molecule has 1 aromatic heterocycles. The highest BCUT2D eigenvalue weighted by molar-refractivity contribution is 5.77. The van der Waals surface area contributed by atoms with E-state index in [1.54, 1.807) is 0 Å². The minimum atomic E-state index is -5.03. The lowest BCUT2D eigenvalue weighted by Gasteiger charge is -2.30. The van der Waals surface area contributed by atoms with E-state index < -0.39 is 29.9 Å². The largest absolute Gasteiger partial charge is 0.425 e. The average molecular weight is 396 g/mol. The van der Waals surface area contributed by atoms with Gasteiger partial charge >= 0.3 is 6.18 Å². The van der Waals surface area contributed by atoms with Gasteiger partial charge in [0.2, 0.25) is 11.5 Å². The molecule has 1 aliphatic rings. The molecule has 2 N–H and O–H groups in total. The molecule has 0 saturated heterocycles. The van der Waals surface area contributed by atoms with Gasteiger partial charge < -0.3 is 15.0 Å². The Morgan fingerprint density at radius 2 is 2.00 bits per heavy atom. The molecule has 1 aromatic carbocycles. The average Bonchev–Trinajstić information content (AvgIpc) is 3.07. The van der Waals surface area contributed by atoms with Crippen LogP contribution in [0.15, 0.2) is 36.7 Å². The molecule has 9 heteroatoms. The smallest absolute Gasteiger partial charge is 0.374 e. The van der Waals surface area contributed by atoms with Crippen LogP contribution in [0.3, 0.4) is 0 Å². The standard InChI is InChI=1S/C19H23F3N4O2/c1-25-10-7-24-17(25)18(28,19(20,21)22)12-16(27)23-8-11-26-9-6-14-4-2-3-5-15(14)13-26/h2-5,7,10,28H,6,8-9,11-13H2,1H3,(H,23,27). The van der Waals surface area contributed by atoms with Gasteiger partial charge in [-0.15, -0.1) is 0 Å². The van der Waals surface area contributed by atoms with E-state index in [1.807, 2.05) is 12.1 Å². The summed E-state index contributed by atoms with van der Waals surface area (Å²) >= 11 is 0. The molecule has 2 aromatic rings. The van der Waals surface area contributed by atoms with Gasteiger partial charge in [-0.2, -0.15) is 13.2 Å². The molecule has 0 radical (unpaired) electrons. The van der Waals surface area contributed by atoms with E-state index in [2.05, 4.69) is 27.3 Å².